The Bertz CT molecular complexity index is 969. The Hall–Kier alpha value is -2.96. The van der Waals surface area contributed by atoms with Crippen LogP contribution in [-0.2, 0) is 19.1 Å². The van der Waals surface area contributed by atoms with Gasteiger partial charge in [0, 0.05) is 29.9 Å². The van der Waals surface area contributed by atoms with E-state index in [1.54, 1.807) is 25.4 Å². The second kappa shape index (κ2) is 8.59. The normalized spacial score (nSPS) is 23.1. The Kier molecular flexibility index (Phi) is 5.74. The Labute approximate surface area is 169 Å². The molecule has 1 aliphatic heterocycles. The van der Waals surface area contributed by atoms with Crippen LogP contribution in [0.2, 0.25) is 0 Å². The van der Waals surface area contributed by atoms with Crippen LogP contribution < -0.4 is 0 Å². The van der Waals surface area contributed by atoms with Gasteiger partial charge in [0.05, 0.1) is 6.61 Å². The highest BCUT2D eigenvalue weighted by Crippen LogP contribution is 2.29. The van der Waals surface area contributed by atoms with E-state index in [-0.39, 0.29) is 18.3 Å². The summed E-state index contributed by atoms with van der Waals surface area (Å²) in [5.41, 5.74) is 1.49. The lowest BCUT2D eigenvalue weighted by Crippen LogP contribution is -2.28. The fourth-order valence-corrected chi connectivity index (χ4v) is 3.96. The molecule has 0 aromatic carbocycles. The van der Waals surface area contributed by atoms with Crippen LogP contribution in [0, 0.1) is 11.8 Å². The van der Waals surface area contributed by atoms with Crippen LogP contribution in [-0.4, -0.2) is 40.8 Å². The number of H-pyrrole nitrogens is 1. The number of nitrogens with zero attached hydrogens (tertiary/aromatic N) is 2. The lowest BCUT2D eigenvalue weighted by atomic mass is 9.89. The number of nitrogens with one attached hydrogen (secondary N) is 1. The molecule has 0 spiro atoms. The van der Waals surface area contributed by atoms with Crippen molar-refractivity contribution in [1.82, 2.24) is 9.97 Å². The molecule has 1 N–H and O–H groups in total. The first-order chi connectivity index (χ1) is 14.2. The first-order valence-corrected chi connectivity index (χ1v) is 10.2. The van der Waals surface area contributed by atoms with Crippen molar-refractivity contribution in [3.63, 3.8) is 0 Å². The highest BCUT2D eigenvalue weighted by atomic mass is 16.5. The van der Waals surface area contributed by atoms with Gasteiger partial charge in [-0.25, -0.2) is 4.98 Å². The molecule has 2 aromatic rings. The number of allylic oxidation sites excluding steroid dienone is 1. The number of aromatic amines is 1. The molecule has 4 rings (SSSR count). The molecule has 2 aliphatic rings. The van der Waals surface area contributed by atoms with Gasteiger partial charge in [0.15, 0.2) is 11.7 Å². The average molecular weight is 395 g/mol. The Morgan fingerprint density at radius 2 is 2.21 bits per heavy atom. The van der Waals surface area contributed by atoms with Gasteiger partial charge in [-0.15, -0.1) is 0 Å². The number of carbonyl (C=O) groups excluding carboxylic acids is 2. The summed E-state index contributed by atoms with van der Waals surface area (Å²) in [6, 6.07) is 3.74. The van der Waals surface area contributed by atoms with Gasteiger partial charge in [0.2, 0.25) is 11.7 Å². The molecule has 152 valence electrons. The van der Waals surface area contributed by atoms with Crippen LogP contribution in [0.3, 0.4) is 0 Å². The zero-order valence-corrected chi connectivity index (χ0v) is 16.5. The molecular formula is C22H25N3O4. The number of carbonyl (C=O) groups is 2. The summed E-state index contributed by atoms with van der Waals surface area (Å²) in [6.07, 6.45) is 11.0. The van der Waals surface area contributed by atoms with Gasteiger partial charge >= 0.3 is 5.97 Å². The third kappa shape index (κ3) is 4.09. The van der Waals surface area contributed by atoms with Gasteiger partial charge in [-0.2, -0.15) is 0 Å². The molecule has 1 aliphatic carbocycles. The number of hydrogen-bond acceptors (Lipinski definition) is 6. The van der Waals surface area contributed by atoms with Gasteiger partial charge in [-0.3, -0.25) is 14.6 Å². The second-order valence-corrected chi connectivity index (χ2v) is 7.49. The fraction of sp³-hybridized carbons (Fsp3) is 0.455. The Morgan fingerprint density at radius 1 is 1.38 bits per heavy atom. The summed E-state index contributed by atoms with van der Waals surface area (Å²) in [4.78, 5) is 37.2. The minimum atomic E-state index is -1.12. The minimum Gasteiger partial charge on any atom is -0.465 e. The zero-order valence-electron chi connectivity index (χ0n) is 16.5. The number of esters is 1. The first kappa shape index (κ1) is 19.4. The summed E-state index contributed by atoms with van der Waals surface area (Å²) in [5.74, 6) is -1.40. The number of hydrogen-bond donors (Lipinski definition) is 1. The van der Waals surface area contributed by atoms with Crippen molar-refractivity contribution in [1.29, 1.82) is 0 Å². The zero-order chi connectivity index (χ0) is 20.2. The summed E-state index contributed by atoms with van der Waals surface area (Å²) in [6.45, 7) is 2.49. The monoisotopic (exact) mass is 395 g/mol. The molecule has 2 fully saturated rings. The summed E-state index contributed by atoms with van der Waals surface area (Å²) >= 11 is 0. The van der Waals surface area contributed by atoms with E-state index in [4.69, 9.17) is 9.47 Å². The van der Waals surface area contributed by atoms with Crippen molar-refractivity contribution in [2.45, 2.75) is 39.0 Å². The van der Waals surface area contributed by atoms with Crippen molar-refractivity contribution in [3.8, 4) is 0 Å². The van der Waals surface area contributed by atoms with E-state index in [0.717, 1.165) is 29.4 Å². The highest BCUT2D eigenvalue weighted by Gasteiger charge is 2.44. The van der Waals surface area contributed by atoms with Crippen LogP contribution in [0.4, 0.5) is 0 Å². The number of ketones is 1. The van der Waals surface area contributed by atoms with E-state index in [2.05, 4.69) is 15.0 Å². The lowest BCUT2D eigenvalue weighted by Gasteiger charge is -2.19. The molecule has 0 radical (unpaired) electrons. The largest absolute Gasteiger partial charge is 0.465 e. The standard InChI is InChI=1S/C22H25N3O4/c1-2-28-22(27)18-19(26)17(11-15-13-24-20-16(15)9-6-10-23-20)29-21(18)25-12-14-7-4-3-5-8-14/h6,9-11,13-14,18H,2-5,7-8,12H2,1H3,(H,23,24)/b17-11-,25-21?. The van der Waals surface area contributed by atoms with Crippen molar-refractivity contribution in [3.05, 3.63) is 35.8 Å². The van der Waals surface area contributed by atoms with Crippen molar-refractivity contribution < 1.29 is 19.1 Å². The highest BCUT2D eigenvalue weighted by molar-refractivity contribution is 6.27. The molecule has 7 nitrogen and oxygen atoms in total. The van der Waals surface area contributed by atoms with Crippen LogP contribution in [0.1, 0.15) is 44.6 Å². The third-order valence-electron chi connectivity index (χ3n) is 5.49. The minimum absolute atomic E-state index is 0.107. The van der Waals surface area contributed by atoms with Gasteiger partial charge in [0.25, 0.3) is 0 Å². The van der Waals surface area contributed by atoms with Gasteiger partial charge < -0.3 is 14.5 Å². The molecule has 29 heavy (non-hydrogen) atoms. The number of fused-ring (bicyclic) bond motifs is 1. The number of aromatic nitrogens is 2. The first-order valence-electron chi connectivity index (χ1n) is 10.2. The van der Waals surface area contributed by atoms with Gasteiger partial charge in [-0.05, 0) is 43.9 Å². The summed E-state index contributed by atoms with van der Waals surface area (Å²) < 4.78 is 10.9. The maximum Gasteiger partial charge on any atom is 0.326 e. The maximum absolute atomic E-state index is 12.9. The molecule has 1 unspecified atom stereocenters. The molecule has 0 amide bonds. The maximum atomic E-state index is 12.9. The number of Topliss-reactive ketones (excluding diaryl/α,β-unsaturated/α-hetero) is 1. The molecule has 1 saturated heterocycles. The van der Waals surface area contributed by atoms with Gasteiger partial charge in [-0.1, -0.05) is 19.3 Å². The van der Waals surface area contributed by atoms with Crippen LogP contribution >= 0.6 is 0 Å². The van der Waals surface area contributed by atoms with Crippen molar-refractivity contribution >= 4 is 34.8 Å². The predicted octanol–water partition coefficient (Wildman–Crippen LogP) is 3.66. The third-order valence-corrected chi connectivity index (χ3v) is 5.49. The molecule has 1 saturated carbocycles. The summed E-state index contributed by atoms with van der Waals surface area (Å²) in [5, 5.41) is 0.872. The van der Waals surface area contributed by atoms with Crippen molar-refractivity contribution in [2.75, 3.05) is 13.2 Å². The molecule has 1 atom stereocenters. The number of aliphatic imine (C=N–C) groups is 1. The smallest absolute Gasteiger partial charge is 0.326 e. The Morgan fingerprint density at radius 3 is 3.00 bits per heavy atom. The van der Waals surface area contributed by atoms with E-state index in [9.17, 15) is 9.59 Å². The number of rotatable bonds is 5. The van der Waals surface area contributed by atoms with Gasteiger partial charge in [0.1, 0.15) is 5.65 Å². The topological polar surface area (TPSA) is 93.6 Å². The number of ether oxygens (including phenoxy) is 2. The van der Waals surface area contributed by atoms with Crippen molar-refractivity contribution in [2.24, 2.45) is 16.8 Å². The van der Waals surface area contributed by atoms with E-state index in [0.29, 0.717) is 12.5 Å². The molecular weight excluding hydrogens is 370 g/mol. The molecule has 3 heterocycles. The molecule has 2 aromatic heterocycles. The second-order valence-electron chi connectivity index (χ2n) is 7.49. The quantitative estimate of drug-likeness (QED) is 0.474. The SMILES string of the molecule is CCOC(=O)C1C(=O)/C(=C/c2c[nH]c3ncccc23)OC1=NCC1CCCCC1. The van der Waals surface area contributed by atoms with Crippen LogP contribution in [0.15, 0.2) is 35.3 Å². The van der Waals surface area contributed by atoms with E-state index in [1.807, 2.05) is 12.1 Å². The van der Waals surface area contributed by atoms with E-state index in [1.165, 1.54) is 19.3 Å². The predicted molar refractivity (Wildman–Crippen MR) is 109 cm³/mol. The van der Waals surface area contributed by atoms with E-state index >= 15 is 0 Å². The van der Waals surface area contributed by atoms with Crippen LogP contribution in [0.25, 0.3) is 17.1 Å². The fourth-order valence-electron chi connectivity index (χ4n) is 3.96. The van der Waals surface area contributed by atoms with Crippen LogP contribution in [0.5, 0.6) is 0 Å². The lowest BCUT2D eigenvalue weighted by molar-refractivity contribution is -0.147. The van der Waals surface area contributed by atoms with E-state index < -0.39 is 17.7 Å². The molecule has 7 heteroatoms. The summed E-state index contributed by atoms with van der Waals surface area (Å²) in [7, 11) is 0. The molecule has 0 bridgehead atoms. The Balaban J connectivity index is 1.62. The average Bonchev–Trinajstić information content (AvgIpc) is 3.29. The number of pyridine rings is 1.